The van der Waals surface area contributed by atoms with E-state index in [1.807, 2.05) is 6.08 Å². The molecule has 0 aliphatic carbocycles. The number of rotatable bonds is 2. The van der Waals surface area contributed by atoms with Crippen LogP contribution in [-0.4, -0.2) is 32.6 Å². The van der Waals surface area contributed by atoms with Gasteiger partial charge in [-0.05, 0) is 0 Å². The van der Waals surface area contributed by atoms with Crippen LogP contribution in [0.4, 0.5) is 0 Å². The van der Waals surface area contributed by atoms with Gasteiger partial charge in [-0.15, -0.1) is 23.2 Å². The molecule has 0 aliphatic rings. The Morgan fingerprint density at radius 1 is 1.44 bits per heavy atom. The molecule has 2 heteroatoms. The summed E-state index contributed by atoms with van der Waals surface area (Å²) in [5.41, 5.74) is 0. The van der Waals surface area contributed by atoms with Crippen molar-refractivity contribution in [3.05, 3.63) is 12.7 Å². The van der Waals surface area contributed by atoms with Crippen LogP contribution < -0.4 is 0 Å². The van der Waals surface area contributed by atoms with E-state index in [4.69, 9.17) is 0 Å². The van der Waals surface area contributed by atoms with Gasteiger partial charge in [-0.25, -0.2) is 0 Å². The summed E-state index contributed by atoms with van der Waals surface area (Å²) < 4.78 is 0. The van der Waals surface area contributed by atoms with Crippen molar-refractivity contribution < 1.29 is 0 Å². The van der Waals surface area contributed by atoms with Crippen LogP contribution in [0.15, 0.2) is 12.7 Å². The third-order valence-corrected chi connectivity index (χ3v) is 1.91. The van der Waals surface area contributed by atoms with Crippen LogP contribution in [0.25, 0.3) is 0 Å². The van der Waals surface area contributed by atoms with Crippen molar-refractivity contribution in [3.63, 3.8) is 0 Å². The molecular weight excluding hydrogens is 138 g/mol. The lowest BCUT2D eigenvalue weighted by Crippen LogP contribution is -1.80. The molecule has 0 saturated carbocycles. The van der Waals surface area contributed by atoms with Gasteiger partial charge < -0.3 is 0 Å². The molecule has 0 saturated heterocycles. The lowest BCUT2D eigenvalue weighted by Gasteiger charge is -1.91. The highest BCUT2D eigenvalue weighted by molar-refractivity contribution is 6.09. The number of hydrogen-bond donors (Lipinski definition) is 0. The number of hydrogen-bond acceptors (Lipinski definition) is 0. The van der Waals surface area contributed by atoms with Crippen molar-refractivity contribution in [3.8, 4) is 0 Å². The lowest BCUT2D eigenvalue weighted by molar-refractivity contribution is 0.735. The van der Waals surface area contributed by atoms with E-state index in [9.17, 15) is 0 Å². The molecular formula is C7H14Al2. The van der Waals surface area contributed by atoms with Gasteiger partial charge in [-0.3, -0.25) is 0 Å². The van der Waals surface area contributed by atoms with E-state index < -0.39 is 0 Å². The summed E-state index contributed by atoms with van der Waals surface area (Å²) >= 11 is 5.23. The summed E-state index contributed by atoms with van der Waals surface area (Å²) in [6.07, 6.45) is 1.84. The fourth-order valence-electron chi connectivity index (χ4n) is 0. The van der Waals surface area contributed by atoms with Crippen LogP contribution in [-0.2, 0) is 0 Å². The minimum Gasteiger partial charge on any atom is -0.116 e. The van der Waals surface area contributed by atoms with Crippen LogP contribution in [0.2, 0.25) is 10.6 Å². The molecule has 4 radical (unpaired) electrons. The Labute approximate surface area is 75.6 Å². The first kappa shape index (κ1) is 12.5. The van der Waals surface area contributed by atoms with E-state index in [0.717, 1.165) is 11.2 Å². The molecule has 0 aromatic rings. The standard InChI is InChI=1S/C4H9.C3H5.2Al/c1-4(2)3;1-3-2;;/h4H,1H2,2-3H3;3H,1-2H2;;. The average Bonchev–Trinajstić information content (AvgIpc) is 1.89. The topological polar surface area (TPSA) is 0 Å². The molecule has 0 aliphatic heterocycles. The molecule has 0 aromatic heterocycles. The molecule has 0 N–H and O–H groups in total. The molecule has 0 rings (SSSR count). The van der Waals surface area contributed by atoms with Crippen molar-refractivity contribution in [1.82, 2.24) is 0 Å². The summed E-state index contributed by atoms with van der Waals surface area (Å²) in [6, 6.07) is 0. The van der Waals surface area contributed by atoms with E-state index in [0.29, 0.717) is 0 Å². The minimum absolute atomic E-state index is 0.847. The second-order valence-electron chi connectivity index (χ2n) is 2.15. The fraction of sp³-hybridized carbons (Fsp3) is 0.714. The first-order valence-corrected chi connectivity index (χ1v) is 4.83. The van der Waals surface area contributed by atoms with Gasteiger partial charge in [0.2, 0.25) is 0 Å². The summed E-state index contributed by atoms with van der Waals surface area (Å²) in [5.74, 6) is 0.847. The second-order valence-corrected chi connectivity index (χ2v) is 3.10. The van der Waals surface area contributed by atoms with Gasteiger partial charge in [-0.1, -0.05) is 19.8 Å². The summed E-state index contributed by atoms with van der Waals surface area (Å²) in [6.45, 7) is 7.86. The van der Waals surface area contributed by atoms with Crippen LogP contribution in [0, 0.1) is 5.92 Å². The molecule has 0 bridgehead atoms. The molecule has 0 fully saturated rings. The van der Waals surface area contributed by atoms with Gasteiger partial charge in [0, 0.05) is 0 Å². The molecule has 0 unspecified atom stereocenters. The van der Waals surface area contributed by atoms with Crippen molar-refractivity contribution in [2.45, 2.75) is 24.4 Å². The normalized spacial score (nSPS) is 7.89. The van der Waals surface area contributed by atoms with E-state index in [-0.39, 0.29) is 0 Å². The lowest BCUT2D eigenvalue weighted by atomic mass is 10.3. The molecule has 9 heavy (non-hydrogen) atoms. The molecule has 0 aromatic carbocycles. The fourth-order valence-corrected chi connectivity index (χ4v) is 0. The Bertz CT molecular complexity index is 50.9. The first-order valence-electron chi connectivity index (χ1n) is 3.20. The van der Waals surface area contributed by atoms with E-state index in [2.05, 4.69) is 53.0 Å². The van der Waals surface area contributed by atoms with Crippen LogP contribution in [0.5, 0.6) is 0 Å². The van der Waals surface area contributed by atoms with Crippen molar-refractivity contribution in [2.75, 3.05) is 0 Å². The minimum atomic E-state index is 0.847. The molecule has 0 heterocycles. The largest absolute Gasteiger partial charge is 0.124 e. The molecule has 0 amide bonds. The molecule has 48 valence electrons. The third kappa shape index (κ3) is 28.2. The first-order chi connectivity index (χ1) is 4.18. The second kappa shape index (κ2) is 11.6. The maximum Gasteiger partial charge on any atom is 0.124 e. The van der Waals surface area contributed by atoms with Crippen LogP contribution in [0.1, 0.15) is 13.8 Å². The zero-order chi connectivity index (χ0) is 7.70. The smallest absolute Gasteiger partial charge is 0.116 e. The van der Waals surface area contributed by atoms with Crippen LogP contribution in [0.3, 0.4) is 0 Å². The van der Waals surface area contributed by atoms with E-state index in [1.54, 1.807) is 0 Å². The Morgan fingerprint density at radius 2 is 1.67 bits per heavy atom. The SMILES string of the molecule is C=C[CH2][Al].CC(C)[CH2][Al]. The predicted octanol–water partition coefficient (Wildman–Crippen LogP) is 1.99. The molecule has 0 nitrogen and oxygen atoms in total. The summed E-state index contributed by atoms with van der Waals surface area (Å²) in [5, 5.41) is 2.22. The molecule has 0 spiro atoms. The highest BCUT2D eigenvalue weighted by atomic mass is 27.0. The maximum absolute atomic E-state index is 3.46. The number of allylic oxidation sites excluding steroid dienone is 1. The van der Waals surface area contributed by atoms with E-state index in [1.165, 1.54) is 5.28 Å². The summed E-state index contributed by atoms with van der Waals surface area (Å²) in [4.78, 5) is 0. The Hall–Kier alpha value is 0.805. The Morgan fingerprint density at radius 3 is 1.67 bits per heavy atom. The third-order valence-electron chi connectivity index (χ3n) is 0.638. The van der Waals surface area contributed by atoms with Gasteiger partial charge in [0.1, 0.15) is 32.6 Å². The maximum atomic E-state index is 3.46. The van der Waals surface area contributed by atoms with Crippen LogP contribution >= 0.6 is 0 Å². The zero-order valence-electron chi connectivity index (χ0n) is 6.43. The highest BCUT2D eigenvalue weighted by Crippen LogP contribution is 1.92. The highest BCUT2D eigenvalue weighted by Gasteiger charge is 1.79. The predicted molar refractivity (Wildman–Crippen MR) is 46.2 cm³/mol. The van der Waals surface area contributed by atoms with Gasteiger partial charge in [0.15, 0.2) is 0 Å². The zero-order valence-corrected chi connectivity index (χ0v) is 8.74. The van der Waals surface area contributed by atoms with Gasteiger partial charge in [-0.2, -0.15) is 0 Å². The van der Waals surface area contributed by atoms with Crippen molar-refractivity contribution >= 4 is 32.6 Å². The average molecular weight is 152 g/mol. The van der Waals surface area contributed by atoms with Gasteiger partial charge >= 0.3 is 0 Å². The quantitative estimate of drug-likeness (QED) is 0.419. The Kier molecular flexibility index (Phi) is 16.1. The summed E-state index contributed by atoms with van der Waals surface area (Å²) in [7, 11) is 0. The van der Waals surface area contributed by atoms with Gasteiger partial charge in [0.25, 0.3) is 0 Å². The van der Waals surface area contributed by atoms with Crippen molar-refractivity contribution in [2.24, 2.45) is 5.92 Å². The van der Waals surface area contributed by atoms with E-state index >= 15 is 0 Å². The van der Waals surface area contributed by atoms with Gasteiger partial charge in [0.05, 0.1) is 0 Å². The monoisotopic (exact) mass is 152 g/mol. The molecule has 0 atom stereocenters. The Balaban J connectivity index is 0. The van der Waals surface area contributed by atoms with Crippen molar-refractivity contribution in [1.29, 1.82) is 0 Å².